The van der Waals surface area contributed by atoms with Crippen molar-refractivity contribution in [2.24, 2.45) is 0 Å². The molecule has 5 heteroatoms. The Hall–Kier alpha value is -2.04. The molecule has 0 spiro atoms. The van der Waals surface area contributed by atoms with Crippen LogP contribution < -0.4 is 15.0 Å². The van der Waals surface area contributed by atoms with E-state index in [9.17, 15) is 9.59 Å². The van der Waals surface area contributed by atoms with Gasteiger partial charge >= 0.3 is 6.03 Å². The number of anilines is 1. The van der Waals surface area contributed by atoms with Crippen LogP contribution in [0.2, 0.25) is 0 Å². The Bertz CT molecular complexity index is 470. The van der Waals surface area contributed by atoms with Crippen molar-refractivity contribution in [3.8, 4) is 5.75 Å². The second kappa shape index (κ2) is 5.73. The van der Waals surface area contributed by atoms with Crippen LogP contribution in [0.1, 0.15) is 26.7 Å². The largest absolute Gasteiger partial charge is 0.494 e. The number of nitrogens with one attached hydrogen (secondary N) is 1. The fourth-order valence-corrected chi connectivity index (χ4v) is 1.94. The summed E-state index contributed by atoms with van der Waals surface area (Å²) >= 11 is 0. The molecular weight excluding hydrogens is 244 g/mol. The van der Waals surface area contributed by atoms with Gasteiger partial charge in [-0.15, -0.1) is 0 Å². The Morgan fingerprint density at radius 2 is 1.95 bits per heavy atom. The molecule has 1 aromatic rings. The van der Waals surface area contributed by atoms with E-state index in [0.717, 1.165) is 18.6 Å². The van der Waals surface area contributed by atoms with E-state index in [0.29, 0.717) is 12.3 Å². The number of imide groups is 1. The summed E-state index contributed by atoms with van der Waals surface area (Å²) in [6.07, 6.45) is 2.10. The number of ether oxygens (including phenoxy) is 1. The number of hydrogen-bond acceptors (Lipinski definition) is 3. The van der Waals surface area contributed by atoms with Crippen LogP contribution in [0.4, 0.5) is 10.5 Å². The average molecular weight is 262 g/mol. The van der Waals surface area contributed by atoms with Crippen molar-refractivity contribution in [1.82, 2.24) is 5.32 Å². The first-order chi connectivity index (χ1) is 9.13. The number of unbranched alkanes of at least 4 members (excludes halogenated alkanes) is 1. The van der Waals surface area contributed by atoms with Gasteiger partial charge in [0.2, 0.25) is 0 Å². The molecule has 0 radical (unpaired) electrons. The van der Waals surface area contributed by atoms with Crippen molar-refractivity contribution < 1.29 is 14.3 Å². The van der Waals surface area contributed by atoms with Crippen molar-refractivity contribution in [2.75, 3.05) is 11.5 Å². The van der Waals surface area contributed by atoms with Crippen molar-refractivity contribution in [1.29, 1.82) is 0 Å². The fourth-order valence-electron chi connectivity index (χ4n) is 1.94. The lowest BCUT2D eigenvalue weighted by Crippen LogP contribution is -2.32. The zero-order valence-electron chi connectivity index (χ0n) is 11.2. The maximum absolute atomic E-state index is 11.7. The molecule has 1 aliphatic rings. The number of carbonyl (C=O) groups excluding carboxylic acids is 2. The first kappa shape index (κ1) is 13.4. The third-order valence-corrected chi connectivity index (χ3v) is 3.10. The minimum atomic E-state index is -0.473. The van der Waals surface area contributed by atoms with Crippen LogP contribution in [0, 0.1) is 0 Å². The van der Waals surface area contributed by atoms with Crippen molar-refractivity contribution in [3.63, 3.8) is 0 Å². The maximum Gasteiger partial charge on any atom is 0.329 e. The monoisotopic (exact) mass is 262 g/mol. The first-order valence-corrected chi connectivity index (χ1v) is 6.50. The molecular formula is C14H18N2O3. The van der Waals surface area contributed by atoms with E-state index >= 15 is 0 Å². The van der Waals surface area contributed by atoms with Gasteiger partial charge in [0.15, 0.2) is 0 Å². The minimum absolute atomic E-state index is 0.270. The molecule has 0 bridgehead atoms. The van der Waals surface area contributed by atoms with Crippen LogP contribution in [0.3, 0.4) is 0 Å². The van der Waals surface area contributed by atoms with Crippen LogP contribution >= 0.6 is 0 Å². The quantitative estimate of drug-likeness (QED) is 0.654. The summed E-state index contributed by atoms with van der Waals surface area (Å²) in [5.41, 5.74) is 0.693. The number of benzene rings is 1. The molecule has 1 unspecified atom stereocenters. The molecule has 102 valence electrons. The van der Waals surface area contributed by atoms with Gasteiger partial charge in [-0.2, -0.15) is 0 Å². The lowest BCUT2D eigenvalue weighted by Gasteiger charge is -2.18. The normalized spacial score (nSPS) is 18.6. The molecule has 1 aliphatic heterocycles. The van der Waals surface area contributed by atoms with Crippen molar-refractivity contribution in [2.45, 2.75) is 32.7 Å². The zero-order chi connectivity index (χ0) is 13.8. The number of urea groups is 1. The van der Waals surface area contributed by atoms with Gasteiger partial charge in [-0.1, -0.05) is 13.3 Å². The third kappa shape index (κ3) is 2.86. The summed E-state index contributed by atoms with van der Waals surface area (Å²) in [5.74, 6) is 0.504. The van der Waals surface area contributed by atoms with Gasteiger partial charge in [0.25, 0.3) is 5.91 Å². The van der Waals surface area contributed by atoms with Crippen LogP contribution in [0.25, 0.3) is 0 Å². The molecule has 0 saturated carbocycles. The number of rotatable bonds is 5. The molecule has 1 atom stereocenters. The topological polar surface area (TPSA) is 58.6 Å². The van der Waals surface area contributed by atoms with Crippen LogP contribution in [-0.4, -0.2) is 24.6 Å². The Labute approximate surface area is 112 Å². The summed E-state index contributed by atoms with van der Waals surface area (Å²) in [7, 11) is 0. The summed E-state index contributed by atoms with van der Waals surface area (Å²) in [6.45, 7) is 4.50. The highest BCUT2D eigenvalue weighted by atomic mass is 16.5. The molecule has 1 heterocycles. The Balaban J connectivity index is 2.06. The van der Waals surface area contributed by atoms with Crippen molar-refractivity contribution in [3.05, 3.63) is 24.3 Å². The molecule has 1 fully saturated rings. The summed E-state index contributed by atoms with van der Waals surface area (Å²) < 4.78 is 5.55. The number of nitrogens with zero attached hydrogens (tertiary/aromatic N) is 1. The Kier molecular flexibility index (Phi) is 4.04. The predicted molar refractivity (Wildman–Crippen MR) is 72.3 cm³/mol. The second-order valence-electron chi connectivity index (χ2n) is 4.54. The van der Waals surface area contributed by atoms with E-state index in [2.05, 4.69) is 12.2 Å². The third-order valence-electron chi connectivity index (χ3n) is 3.10. The maximum atomic E-state index is 11.7. The molecule has 0 aliphatic carbocycles. The highest BCUT2D eigenvalue weighted by molar-refractivity contribution is 6.14. The van der Waals surface area contributed by atoms with Gasteiger partial charge < -0.3 is 4.74 Å². The van der Waals surface area contributed by atoms with Gasteiger partial charge in [-0.3, -0.25) is 15.0 Å². The molecule has 2 rings (SSSR count). The zero-order valence-corrected chi connectivity index (χ0v) is 11.2. The standard InChI is InChI=1S/C14H18N2O3/c1-3-4-9-19-12-7-5-11(6-8-12)16-10(2)13(17)15-14(16)18/h5-8,10H,3-4,9H2,1-2H3,(H,15,17,18). The van der Waals surface area contributed by atoms with E-state index in [-0.39, 0.29) is 11.9 Å². The summed E-state index contributed by atoms with van der Waals surface area (Å²) in [5, 5.41) is 2.29. The van der Waals surface area contributed by atoms with E-state index in [4.69, 9.17) is 4.74 Å². The van der Waals surface area contributed by atoms with Gasteiger partial charge in [0.1, 0.15) is 11.8 Å². The summed E-state index contributed by atoms with van der Waals surface area (Å²) in [4.78, 5) is 24.5. The summed E-state index contributed by atoms with van der Waals surface area (Å²) in [6, 6.07) is 6.35. The lowest BCUT2D eigenvalue weighted by molar-refractivity contribution is -0.119. The predicted octanol–water partition coefficient (Wildman–Crippen LogP) is 2.31. The first-order valence-electron chi connectivity index (χ1n) is 6.50. The smallest absolute Gasteiger partial charge is 0.329 e. The second-order valence-corrected chi connectivity index (χ2v) is 4.54. The van der Waals surface area contributed by atoms with E-state index in [1.165, 1.54) is 4.90 Å². The lowest BCUT2D eigenvalue weighted by atomic mass is 10.2. The van der Waals surface area contributed by atoms with Crippen molar-refractivity contribution >= 4 is 17.6 Å². The van der Waals surface area contributed by atoms with E-state index in [1.807, 2.05) is 12.1 Å². The minimum Gasteiger partial charge on any atom is -0.494 e. The SMILES string of the molecule is CCCCOc1ccc(N2C(=O)NC(=O)C2C)cc1. The molecule has 1 aromatic carbocycles. The van der Waals surface area contributed by atoms with E-state index in [1.54, 1.807) is 19.1 Å². The molecule has 1 N–H and O–H groups in total. The van der Waals surface area contributed by atoms with Gasteiger partial charge in [0.05, 0.1) is 6.61 Å². The average Bonchev–Trinajstić information content (AvgIpc) is 2.65. The van der Waals surface area contributed by atoms with Gasteiger partial charge in [0, 0.05) is 5.69 Å². The van der Waals surface area contributed by atoms with Gasteiger partial charge in [-0.05, 0) is 37.6 Å². The molecule has 5 nitrogen and oxygen atoms in total. The Morgan fingerprint density at radius 1 is 1.26 bits per heavy atom. The van der Waals surface area contributed by atoms with Crippen LogP contribution in [0.15, 0.2) is 24.3 Å². The fraction of sp³-hybridized carbons (Fsp3) is 0.429. The Morgan fingerprint density at radius 3 is 2.47 bits per heavy atom. The van der Waals surface area contributed by atoms with Crippen LogP contribution in [0.5, 0.6) is 5.75 Å². The number of amides is 3. The highest BCUT2D eigenvalue weighted by Crippen LogP contribution is 2.23. The van der Waals surface area contributed by atoms with Crippen LogP contribution in [-0.2, 0) is 4.79 Å². The number of carbonyl (C=O) groups is 2. The van der Waals surface area contributed by atoms with Gasteiger partial charge in [-0.25, -0.2) is 4.79 Å². The molecule has 1 saturated heterocycles. The molecule has 0 aromatic heterocycles. The highest BCUT2D eigenvalue weighted by Gasteiger charge is 2.35. The van der Waals surface area contributed by atoms with E-state index < -0.39 is 6.04 Å². The molecule has 19 heavy (non-hydrogen) atoms. The number of hydrogen-bond donors (Lipinski definition) is 1. The molecule has 3 amide bonds.